The second kappa shape index (κ2) is 6.16. The zero-order valence-corrected chi connectivity index (χ0v) is 14.4. The number of benzene rings is 1. The van der Waals surface area contributed by atoms with Gasteiger partial charge in [0.25, 0.3) is 5.91 Å². The van der Waals surface area contributed by atoms with Crippen LogP contribution in [0.1, 0.15) is 39.3 Å². The fraction of sp³-hybridized carbons (Fsp3) is 0.250. The van der Waals surface area contributed by atoms with Crippen molar-refractivity contribution in [3.8, 4) is 5.69 Å². The van der Waals surface area contributed by atoms with Crippen LogP contribution in [-0.2, 0) is 12.8 Å². The minimum absolute atomic E-state index is 0.189. The molecule has 1 aromatic carbocycles. The molecule has 0 radical (unpaired) electrons. The molecule has 0 saturated heterocycles. The zero-order chi connectivity index (χ0) is 17.4. The quantitative estimate of drug-likeness (QED) is 0.797. The number of nitrogens with one attached hydrogen (secondary N) is 1. The van der Waals surface area contributed by atoms with Crippen molar-refractivity contribution in [2.24, 2.45) is 0 Å². The molecule has 5 heteroatoms. The minimum atomic E-state index is -0.189. The molecule has 2 heterocycles. The van der Waals surface area contributed by atoms with E-state index in [1.165, 1.54) is 5.56 Å². The van der Waals surface area contributed by atoms with Crippen LogP contribution in [0.3, 0.4) is 0 Å². The van der Waals surface area contributed by atoms with Gasteiger partial charge in [-0.1, -0.05) is 23.8 Å². The number of pyridine rings is 1. The summed E-state index contributed by atoms with van der Waals surface area (Å²) in [6.45, 7) is 3.99. The van der Waals surface area contributed by atoms with Gasteiger partial charge in [0.05, 0.1) is 5.69 Å². The van der Waals surface area contributed by atoms with Gasteiger partial charge < -0.3 is 5.32 Å². The average molecular weight is 332 g/mol. The van der Waals surface area contributed by atoms with Crippen LogP contribution in [0.5, 0.6) is 0 Å². The largest absolute Gasteiger partial charge is 0.305 e. The van der Waals surface area contributed by atoms with E-state index in [9.17, 15) is 4.79 Å². The maximum Gasteiger partial charge on any atom is 0.277 e. The molecule has 0 bridgehead atoms. The van der Waals surface area contributed by atoms with E-state index < -0.39 is 0 Å². The Morgan fingerprint density at radius 3 is 2.68 bits per heavy atom. The Morgan fingerprint density at radius 2 is 1.92 bits per heavy atom. The van der Waals surface area contributed by atoms with Gasteiger partial charge in [-0.2, -0.15) is 5.10 Å². The molecule has 0 aliphatic heterocycles. The summed E-state index contributed by atoms with van der Waals surface area (Å²) >= 11 is 0. The molecule has 1 aliphatic rings. The number of hydrogen-bond acceptors (Lipinski definition) is 3. The number of amides is 1. The molecule has 0 fully saturated rings. The zero-order valence-electron chi connectivity index (χ0n) is 14.4. The molecule has 0 spiro atoms. The van der Waals surface area contributed by atoms with Gasteiger partial charge in [-0.25, -0.2) is 9.67 Å². The highest BCUT2D eigenvalue weighted by Crippen LogP contribution is 2.28. The number of fused-ring (bicyclic) bond motifs is 1. The summed E-state index contributed by atoms with van der Waals surface area (Å²) in [5.74, 6) is 0.398. The fourth-order valence-corrected chi connectivity index (χ4v) is 3.30. The Labute approximate surface area is 146 Å². The maximum atomic E-state index is 12.8. The van der Waals surface area contributed by atoms with Crippen LogP contribution < -0.4 is 5.32 Å². The lowest BCUT2D eigenvalue weighted by atomic mass is 10.2. The number of nitrogens with zero attached hydrogens (tertiary/aromatic N) is 3. The van der Waals surface area contributed by atoms with E-state index >= 15 is 0 Å². The number of carbonyl (C=O) groups excluding carboxylic acids is 1. The van der Waals surface area contributed by atoms with Crippen LogP contribution in [0.4, 0.5) is 5.82 Å². The van der Waals surface area contributed by atoms with Crippen molar-refractivity contribution in [1.29, 1.82) is 0 Å². The lowest BCUT2D eigenvalue weighted by Gasteiger charge is -2.06. The van der Waals surface area contributed by atoms with Gasteiger partial charge >= 0.3 is 0 Å². The minimum Gasteiger partial charge on any atom is -0.305 e. The van der Waals surface area contributed by atoms with E-state index in [1.807, 2.05) is 35.9 Å². The summed E-state index contributed by atoms with van der Waals surface area (Å²) in [4.78, 5) is 17.0. The Balaban J connectivity index is 1.71. The molecule has 0 atom stereocenters. The smallest absolute Gasteiger partial charge is 0.277 e. The van der Waals surface area contributed by atoms with Crippen LogP contribution in [0.2, 0.25) is 0 Å². The molecule has 1 N–H and O–H groups in total. The third-order valence-electron chi connectivity index (χ3n) is 4.67. The molecule has 4 rings (SSSR count). The Hall–Kier alpha value is -2.95. The van der Waals surface area contributed by atoms with Crippen molar-refractivity contribution in [2.45, 2.75) is 33.1 Å². The van der Waals surface area contributed by atoms with E-state index in [2.05, 4.69) is 34.5 Å². The summed E-state index contributed by atoms with van der Waals surface area (Å²) in [6.07, 6.45) is 4.58. The van der Waals surface area contributed by atoms with Crippen molar-refractivity contribution >= 4 is 11.7 Å². The monoisotopic (exact) mass is 332 g/mol. The number of rotatable bonds is 3. The number of carbonyl (C=O) groups is 1. The number of aryl methyl sites for hydroxylation is 2. The van der Waals surface area contributed by atoms with Crippen molar-refractivity contribution in [2.75, 3.05) is 5.32 Å². The first-order chi connectivity index (χ1) is 12.1. The summed E-state index contributed by atoms with van der Waals surface area (Å²) in [7, 11) is 0. The fourth-order valence-electron chi connectivity index (χ4n) is 3.30. The first-order valence-electron chi connectivity index (χ1n) is 8.54. The van der Waals surface area contributed by atoms with Crippen LogP contribution in [0, 0.1) is 13.8 Å². The third-order valence-corrected chi connectivity index (χ3v) is 4.67. The van der Waals surface area contributed by atoms with Crippen LogP contribution in [0.15, 0.2) is 42.6 Å². The van der Waals surface area contributed by atoms with Gasteiger partial charge in [0.2, 0.25) is 0 Å². The first kappa shape index (κ1) is 15.6. The van der Waals surface area contributed by atoms with E-state index in [1.54, 1.807) is 6.20 Å². The van der Waals surface area contributed by atoms with Gasteiger partial charge in [-0.15, -0.1) is 0 Å². The molecular formula is C20H20N4O. The molecule has 3 aromatic rings. The maximum absolute atomic E-state index is 12.8. The van der Waals surface area contributed by atoms with Crippen molar-refractivity contribution in [1.82, 2.24) is 14.8 Å². The van der Waals surface area contributed by atoms with Crippen LogP contribution in [0.25, 0.3) is 5.69 Å². The lowest BCUT2D eigenvalue weighted by molar-refractivity contribution is 0.102. The van der Waals surface area contributed by atoms with Crippen molar-refractivity contribution in [3.63, 3.8) is 0 Å². The molecule has 5 nitrogen and oxygen atoms in total. The van der Waals surface area contributed by atoms with Gasteiger partial charge in [0.1, 0.15) is 5.82 Å². The predicted molar refractivity (Wildman–Crippen MR) is 97.3 cm³/mol. The summed E-state index contributed by atoms with van der Waals surface area (Å²) in [5, 5.41) is 7.54. The summed E-state index contributed by atoms with van der Waals surface area (Å²) < 4.78 is 1.92. The number of hydrogen-bond donors (Lipinski definition) is 1. The summed E-state index contributed by atoms with van der Waals surface area (Å²) in [5.41, 5.74) is 5.86. The molecule has 25 heavy (non-hydrogen) atoms. The van der Waals surface area contributed by atoms with Crippen LogP contribution in [-0.4, -0.2) is 20.7 Å². The predicted octanol–water partition coefficient (Wildman–Crippen LogP) is 3.63. The van der Waals surface area contributed by atoms with Crippen molar-refractivity contribution in [3.05, 3.63) is 70.7 Å². The molecular weight excluding hydrogens is 312 g/mol. The SMILES string of the molecule is Cc1ccc(-n2nc(C(=O)Nc3ncccc3C)c3c2CCC3)cc1. The van der Waals surface area contributed by atoms with Gasteiger partial charge in [-0.05, 0) is 56.9 Å². The van der Waals surface area contributed by atoms with E-state index in [4.69, 9.17) is 0 Å². The second-order valence-corrected chi connectivity index (χ2v) is 6.50. The number of aromatic nitrogens is 3. The molecule has 1 amide bonds. The third kappa shape index (κ3) is 2.82. The highest BCUT2D eigenvalue weighted by atomic mass is 16.2. The highest BCUT2D eigenvalue weighted by molar-refractivity contribution is 6.04. The normalized spacial score (nSPS) is 12.9. The Morgan fingerprint density at radius 1 is 1.12 bits per heavy atom. The molecule has 2 aromatic heterocycles. The van der Waals surface area contributed by atoms with Gasteiger partial charge in [-0.3, -0.25) is 4.79 Å². The van der Waals surface area contributed by atoms with Crippen molar-refractivity contribution < 1.29 is 4.79 Å². The lowest BCUT2D eigenvalue weighted by Crippen LogP contribution is -2.16. The Bertz CT molecular complexity index is 941. The number of anilines is 1. The molecule has 0 saturated carbocycles. The molecule has 1 aliphatic carbocycles. The topological polar surface area (TPSA) is 59.8 Å². The first-order valence-corrected chi connectivity index (χ1v) is 8.54. The molecule has 0 unspecified atom stereocenters. The second-order valence-electron chi connectivity index (χ2n) is 6.50. The molecule has 126 valence electrons. The summed E-state index contributed by atoms with van der Waals surface area (Å²) in [6, 6.07) is 12.0. The Kier molecular flexibility index (Phi) is 3.84. The van der Waals surface area contributed by atoms with E-state index in [-0.39, 0.29) is 5.91 Å². The van der Waals surface area contributed by atoms with Gasteiger partial charge in [0, 0.05) is 17.5 Å². The average Bonchev–Trinajstić information content (AvgIpc) is 3.20. The standard InChI is InChI=1S/C20H20N4O/c1-13-8-10-15(11-9-13)24-17-7-3-6-16(17)18(23-24)20(25)22-19-14(2)5-4-12-21-19/h4-5,8-12H,3,6-7H2,1-2H3,(H,21,22,25). The van der Waals surface area contributed by atoms with Gasteiger partial charge in [0.15, 0.2) is 5.69 Å². The van der Waals surface area contributed by atoms with Crippen LogP contribution >= 0.6 is 0 Å². The van der Waals surface area contributed by atoms with E-state index in [0.29, 0.717) is 11.5 Å². The van der Waals surface area contributed by atoms with E-state index in [0.717, 1.165) is 41.8 Å². The highest BCUT2D eigenvalue weighted by Gasteiger charge is 2.27.